The quantitative estimate of drug-likeness (QED) is 0.651. The van der Waals surface area contributed by atoms with E-state index in [-0.39, 0.29) is 22.0 Å². The van der Waals surface area contributed by atoms with Crippen LogP contribution in [0.3, 0.4) is 0 Å². The van der Waals surface area contributed by atoms with Gasteiger partial charge < -0.3 is 5.73 Å². The van der Waals surface area contributed by atoms with E-state index in [0.717, 1.165) is 18.2 Å². The van der Waals surface area contributed by atoms with E-state index in [1.165, 1.54) is 12.1 Å². The highest BCUT2D eigenvalue weighted by molar-refractivity contribution is 9.10. The number of halogens is 5. The molecule has 0 aromatic heterocycles. The Kier molecular flexibility index (Phi) is 4.45. The summed E-state index contributed by atoms with van der Waals surface area (Å²) >= 11 is 2.96. The van der Waals surface area contributed by atoms with E-state index in [0.29, 0.717) is 0 Å². The normalized spacial score (nSPS) is 12.5. The molecule has 0 aliphatic carbocycles. The third kappa shape index (κ3) is 3.02. The average molecular weight is 348 g/mol. The number of benzene rings is 2. The van der Waals surface area contributed by atoms with Gasteiger partial charge in [0, 0.05) is 11.6 Å². The van der Waals surface area contributed by atoms with Gasteiger partial charge in [0.05, 0.1) is 4.47 Å². The van der Waals surface area contributed by atoms with Crippen LogP contribution in [0.15, 0.2) is 34.8 Å². The molecule has 20 heavy (non-hydrogen) atoms. The average Bonchev–Trinajstić information content (AvgIpc) is 2.42. The van der Waals surface area contributed by atoms with Gasteiger partial charge in [0.2, 0.25) is 0 Å². The van der Waals surface area contributed by atoms with Crippen molar-refractivity contribution in [2.24, 2.45) is 5.73 Å². The first kappa shape index (κ1) is 15.0. The Balaban J connectivity index is 2.30. The molecule has 0 fully saturated rings. The summed E-state index contributed by atoms with van der Waals surface area (Å²) in [6.45, 7) is 0. The predicted molar refractivity (Wildman–Crippen MR) is 71.0 cm³/mol. The monoisotopic (exact) mass is 347 g/mol. The number of hydrogen-bond donors (Lipinski definition) is 1. The second kappa shape index (κ2) is 5.93. The van der Waals surface area contributed by atoms with Crippen molar-refractivity contribution in [3.63, 3.8) is 0 Å². The van der Waals surface area contributed by atoms with Crippen molar-refractivity contribution in [2.45, 2.75) is 12.5 Å². The highest BCUT2D eigenvalue weighted by Crippen LogP contribution is 2.26. The molecule has 0 aliphatic heterocycles. The van der Waals surface area contributed by atoms with E-state index < -0.39 is 29.3 Å². The van der Waals surface area contributed by atoms with Gasteiger partial charge in [-0.3, -0.25) is 0 Å². The molecule has 0 spiro atoms. The Hall–Kier alpha value is -1.40. The lowest BCUT2D eigenvalue weighted by Crippen LogP contribution is -2.16. The predicted octanol–water partition coefficient (Wildman–Crippen LogP) is 4.25. The topological polar surface area (TPSA) is 26.0 Å². The van der Waals surface area contributed by atoms with E-state index >= 15 is 0 Å². The van der Waals surface area contributed by atoms with E-state index in [9.17, 15) is 17.6 Å². The molecule has 2 N–H and O–H groups in total. The molecule has 2 rings (SSSR count). The fourth-order valence-electron chi connectivity index (χ4n) is 1.84. The minimum absolute atomic E-state index is 0.117. The molecule has 0 heterocycles. The van der Waals surface area contributed by atoms with Gasteiger partial charge in [-0.05, 0) is 52.2 Å². The molecular weight excluding hydrogens is 338 g/mol. The zero-order valence-corrected chi connectivity index (χ0v) is 11.7. The van der Waals surface area contributed by atoms with Crippen LogP contribution in [0.5, 0.6) is 0 Å². The van der Waals surface area contributed by atoms with Crippen LogP contribution in [0.25, 0.3) is 0 Å². The molecule has 0 saturated carbocycles. The molecule has 0 saturated heterocycles. The van der Waals surface area contributed by atoms with E-state index in [1.54, 1.807) is 0 Å². The maximum atomic E-state index is 13.8. The van der Waals surface area contributed by atoms with Crippen molar-refractivity contribution >= 4 is 15.9 Å². The van der Waals surface area contributed by atoms with Gasteiger partial charge in [-0.25, -0.2) is 17.6 Å². The van der Waals surface area contributed by atoms with Gasteiger partial charge in [-0.2, -0.15) is 0 Å². The molecule has 0 aliphatic rings. The van der Waals surface area contributed by atoms with Crippen molar-refractivity contribution in [2.75, 3.05) is 0 Å². The smallest absolute Gasteiger partial charge is 0.159 e. The van der Waals surface area contributed by atoms with Gasteiger partial charge in [-0.1, -0.05) is 6.07 Å². The molecule has 0 radical (unpaired) electrons. The lowest BCUT2D eigenvalue weighted by atomic mass is 9.99. The van der Waals surface area contributed by atoms with Crippen LogP contribution in [-0.2, 0) is 6.42 Å². The molecule has 0 bridgehead atoms. The number of rotatable bonds is 3. The lowest BCUT2D eigenvalue weighted by molar-refractivity contribution is 0.503. The number of nitrogens with two attached hydrogens (primary N) is 1. The minimum atomic E-state index is -1.05. The fourth-order valence-corrected chi connectivity index (χ4v) is 2.21. The molecule has 106 valence electrons. The minimum Gasteiger partial charge on any atom is -0.324 e. The summed E-state index contributed by atoms with van der Waals surface area (Å²) < 4.78 is 53.5. The Morgan fingerprint density at radius 3 is 2.25 bits per heavy atom. The van der Waals surface area contributed by atoms with Crippen molar-refractivity contribution < 1.29 is 17.6 Å². The number of hydrogen-bond acceptors (Lipinski definition) is 1. The van der Waals surface area contributed by atoms with Crippen LogP contribution in [0.2, 0.25) is 0 Å². The van der Waals surface area contributed by atoms with Gasteiger partial charge in [0.25, 0.3) is 0 Å². The maximum absolute atomic E-state index is 13.8. The third-order valence-electron chi connectivity index (χ3n) is 2.93. The summed E-state index contributed by atoms with van der Waals surface area (Å²) in [4.78, 5) is 0. The Labute approximate surface area is 121 Å². The molecule has 2 aromatic carbocycles. The van der Waals surface area contributed by atoms with Crippen LogP contribution < -0.4 is 5.73 Å². The fraction of sp³-hybridized carbons (Fsp3) is 0.143. The summed E-state index contributed by atoms with van der Waals surface area (Å²) in [6, 6.07) is 4.66. The van der Waals surface area contributed by atoms with Gasteiger partial charge in [-0.15, -0.1) is 0 Å². The summed E-state index contributed by atoms with van der Waals surface area (Å²) in [6.07, 6.45) is -0.165. The highest BCUT2D eigenvalue weighted by atomic mass is 79.9. The second-order valence-electron chi connectivity index (χ2n) is 4.31. The van der Waals surface area contributed by atoms with Crippen LogP contribution >= 0.6 is 15.9 Å². The molecule has 1 unspecified atom stereocenters. The largest absolute Gasteiger partial charge is 0.324 e. The van der Waals surface area contributed by atoms with Crippen molar-refractivity contribution in [1.29, 1.82) is 0 Å². The van der Waals surface area contributed by atoms with E-state index in [4.69, 9.17) is 5.73 Å². The van der Waals surface area contributed by atoms with Gasteiger partial charge in [0.15, 0.2) is 11.6 Å². The first-order valence-corrected chi connectivity index (χ1v) is 6.52. The highest BCUT2D eigenvalue weighted by Gasteiger charge is 2.17. The SMILES string of the molecule is NC(Cc1c(F)ccc(Br)c1F)c1ccc(F)c(F)c1. The maximum Gasteiger partial charge on any atom is 0.159 e. The van der Waals surface area contributed by atoms with Crippen LogP contribution in [0.1, 0.15) is 17.2 Å². The summed E-state index contributed by atoms with van der Waals surface area (Å²) in [5, 5.41) is 0. The Bertz CT molecular complexity index is 645. The molecule has 1 atom stereocenters. The third-order valence-corrected chi connectivity index (χ3v) is 3.55. The first-order chi connectivity index (χ1) is 9.40. The standard InChI is InChI=1S/C14H10BrF4N/c15-9-2-4-10(16)8(14(9)19)6-13(20)7-1-3-11(17)12(18)5-7/h1-5,13H,6,20H2. The molecule has 2 aromatic rings. The zero-order valence-electron chi connectivity index (χ0n) is 10.1. The van der Waals surface area contributed by atoms with Crippen LogP contribution in [0, 0.1) is 23.3 Å². The van der Waals surface area contributed by atoms with Gasteiger partial charge >= 0.3 is 0 Å². The molecule has 6 heteroatoms. The van der Waals surface area contributed by atoms with E-state index in [1.807, 2.05) is 0 Å². The molecular formula is C14H10BrF4N. The van der Waals surface area contributed by atoms with Crippen molar-refractivity contribution in [1.82, 2.24) is 0 Å². The van der Waals surface area contributed by atoms with Crippen molar-refractivity contribution in [3.8, 4) is 0 Å². The molecule has 0 amide bonds. The Morgan fingerprint density at radius 1 is 0.950 bits per heavy atom. The zero-order chi connectivity index (χ0) is 14.9. The summed E-state index contributed by atoms with van der Waals surface area (Å²) in [7, 11) is 0. The first-order valence-electron chi connectivity index (χ1n) is 5.73. The second-order valence-corrected chi connectivity index (χ2v) is 5.16. The summed E-state index contributed by atoms with van der Waals surface area (Å²) in [5.74, 6) is -3.53. The summed E-state index contributed by atoms with van der Waals surface area (Å²) in [5.41, 5.74) is 5.86. The van der Waals surface area contributed by atoms with Crippen LogP contribution in [-0.4, -0.2) is 0 Å². The van der Waals surface area contributed by atoms with Crippen molar-refractivity contribution in [3.05, 3.63) is 69.2 Å². The van der Waals surface area contributed by atoms with Crippen LogP contribution in [0.4, 0.5) is 17.6 Å². The van der Waals surface area contributed by atoms with E-state index in [2.05, 4.69) is 15.9 Å². The lowest BCUT2D eigenvalue weighted by Gasteiger charge is -2.14. The Morgan fingerprint density at radius 2 is 1.60 bits per heavy atom. The van der Waals surface area contributed by atoms with Gasteiger partial charge in [0.1, 0.15) is 11.6 Å². The molecule has 1 nitrogen and oxygen atoms in total.